The molecule has 14 heteroatoms. The Balaban J connectivity index is 0.000000507. The Bertz CT molecular complexity index is 867. The van der Waals surface area contributed by atoms with E-state index in [0.29, 0.717) is 28.7 Å². The maximum absolute atomic E-state index is 10.6. The number of carbonyl (C=O) groups excluding carboxylic acids is 2. The summed E-state index contributed by atoms with van der Waals surface area (Å²) in [6.07, 6.45) is 0. The molecule has 3 atom stereocenters. The predicted molar refractivity (Wildman–Crippen MR) is 98.3 cm³/mol. The molecule has 3 unspecified atom stereocenters. The minimum absolute atomic E-state index is 0. The number of fused-ring (bicyclic) bond motifs is 1. The zero-order valence-corrected chi connectivity index (χ0v) is 28.9. The van der Waals surface area contributed by atoms with Gasteiger partial charge in [0, 0.05) is 11.1 Å². The van der Waals surface area contributed by atoms with Crippen molar-refractivity contribution < 1.29 is 159 Å². The van der Waals surface area contributed by atoms with Crippen LogP contribution < -0.4 is 149 Å². The van der Waals surface area contributed by atoms with Gasteiger partial charge in [0.1, 0.15) is 0 Å². The molecule has 0 aliphatic carbocycles. The molecule has 2 aromatic carbocycles. The van der Waals surface area contributed by atoms with Crippen molar-refractivity contribution in [2.45, 2.75) is 0 Å². The first-order valence-electron chi connectivity index (χ1n) is 7.02. The third-order valence-corrected chi connectivity index (χ3v) is 4.30. The summed E-state index contributed by atoms with van der Waals surface area (Å²) < 4.78 is 24.8. The molecule has 0 fully saturated rings. The van der Waals surface area contributed by atoms with Crippen molar-refractivity contribution in [2.24, 2.45) is 0 Å². The molecule has 144 valence electrons. The number of methoxy groups -OCH3 is 1. The number of hydrogen-bond donors (Lipinski definition) is 0. The second-order valence-corrected chi connectivity index (χ2v) is 5.81. The number of carbonyl (C=O) groups is 2. The Morgan fingerprint density at radius 1 is 0.897 bits per heavy atom. The molecule has 0 saturated carbocycles. The van der Waals surface area contributed by atoms with Gasteiger partial charge in [-0.1, -0.05) is 0 Å². The van der Waals surface area contributed by atoms with Gasteiger partial charge in [0.15, 0.2) is 23.0 Å². The topological polar surface area (TPSA) is 126 Å². The molecule has 0 radical (unpaired) electrons. The van der Waals surface area contributed by atoms with E-state index in [2.05, 4.69) is 9.47 Å². The van der Waals surface area contributed by atoms with E-state index in [9.17, 15) is 19.8 Å². The van der Waals surface area contributed by atoms with Crippen LogP contribution in [0.15, 0.2) is 30.3 Å². The summed E-state index contributed by atoms with van der Waals surface area (Å²) in [5.74, 6) is -0.625. The van der Waals surface area contributed by atoms with Crippen LogP contribution in [0.2, 0.25) is 0 Å². The Morgan fingerprint density at radius 2 is 1.48 bits per heavy atom. The van der Waals surface area contributed by atoms with Gasteiger partial charge in [0.05, 0.1) is 38.0 Å². The van der Waals surface area contributed by atoms with Gasteiger partial charge >= 0.3 is 116 Å². The molecule has 2 aromatic rings. The van der Waals surface area contributed by atoms with Gasteiger partial charge in [0.25, 0.3) is 9.03 Å². The second-order valence-electron chi connectivity index (χ2n) is 4.77. The number of carboxylic acids is 2. The summed E-state index contributed by atoms with van der Waals surface area (Å²) in [5, 5.41) is 21.1. The van der Waals surface area contributed by atoms with Crippen molar-refractivity contribution in [2.75, 3.05) is 7.11 Å². The standard InChI is InChI=1S/C8H9O4P.C7H6O5P2.2Rb/c1-11-7-4-5(8(9)10)2-3-6(7)12-13;8-7(9)3-1-4(10-13)6-5(2-3)11-14-12-6;;/h2-4H,13H2,1H3,(H,9,10);1-2,14H,13H2,(H,8,9);;/q;;2*+1/p-2. The van der Waals surface area contributed by atoms with E-state index in [4.69, 9.17) is 22.8 Å². The van der Waals surface area contributed by atoms with Crippen molar-refractivity contribution in [1.29, 1.82) is 0 Å². The average molecular weight is 601 g/mol. The molecule has 0 aromatic heterocycles. The molecule has 1 aliphatic heterocycles. The first-order valence-corrected chi connectivity index (χ1v) is 8.78. The van der Waals surface area contributed by atoms with Crippen LogP contribution in [-0.4, -0.2) is 19.0 Å². The third kappa shape index (κ3) is 8.62. The number of hydrogen-bond acceptors (Lipinski definition) is 9. The fraction of sp³-hybridized carbons (Fsp3) is 0.0667. The number of rotatable bonds is 5. The quantitative estimate of drug-likeness (QED) is 0.309. The molecule has 3 rings (SSSR count). The van der Waals surface area contributed by atoms with E-state index in [0.717, 1.165) is 0 Å². The van der Waals surface area contributed by atoms with Crippen LogP contribution in [0.25, 0.3) is 0 Å². The number of aromatic carboxylic acids is 2. The fourth-order valence-corrected chi connectivity index (χ4v) is 2.90. The van der Waals surface area contributed by atoms with E-state index in [1.165, 1.54) is 37.4 Å². The van der Waals surface area contributed by atoms with Crippen LogP contribution in [0.1, 0.15) is 20.7 Å². The van der Waals surface area contributed by atoms with E-state index in [1.807, 2.05) is 9.47 Å². The Morgan fingerprint density at radius 3 is 2.00 bits per heavy atom. The van der Waals surface area contributed by atoms with E-state index < -0.39 is 11.9 Å². The van der Waals surface area contributed by atoms with Crippen molar-refractivity contribution in [3.8, 4) is 28.7 Å². The van der Waals surface area contributed by atoms with Gasteiger partial charge < -0.3 is 42.6 Å². The molecule has 29 heavy (non-hydrogen) atoms. The normalized spacial score (nSPS) is 11.1. The van der Waals surface area contributed by atoms with E-state index in [1.54, 1.807) is 0 Å². The molecule has 0 bridgehead atoms. The summed E-state index contributed by atoms with van der Waals surface area (Å²) in [5.41, 5.74) is 0.0548. The monoisotopic (exact) mass is 600 g/mol. The second kappa shape index (κ2) is 15.2. The number of ether oxygens (including phenoxy) is 1. The van der Waals surface area contributed by atoms with E-state index in [-0.39, 0.29) is 137 Å². The van der Waals surface area contributed by atoms with Gasteiger partial charge in [-0.05, 0) is 30.3 Å². The maximum atomic E-state index is 10.6. The van der Waals surface area contributed by atoms with Crippen LogP contribution in [-0.2, 0) is 0 Å². The molecule has 0 N–H and O–H groups in total. The number of carboxylic acid groups (broad SMARTS) is 2. The maximum Gasteiger partial charge on any atom is 1.00 e. The zero-order chi connectivity index (χ0) is 20.0. The Kier molecular flexibility index (Phi) is 15.8. The molecule has 0 amide bonds. The molecular weight excluding hydrogens is 588 g/mol. The van der Waals surface area contributed by atoms with Crippen LogP contribution in [0.3, 0.4) is 0 Å². The van der Waals surface area contributed by atoms with Gasteiger partial charge in [-0.2, -0.15) is 0 Å². The van der Waals surface area contributed by atoms with E-state index >= 15 is 0 Å². The molecule has 9 nitrogen and oxygen atoms in total. The minimum atomic E-state index is -1.28. The zero-order valence-electron chi connectivity index (χ0n) is 15.7. The Hall–Kier alpha value is 1.28. The summed E-state index contributed by atoms with van der Waals surface area (Å²) in [4.78, 5) is 21.1. The van der Waals surface area contributed by atoms with Gasteiger partial charge in [-0.3, -0.25) is 0 Å². The van der Waals surface area contributed by atoms with Crippen LogP contribution >= 0.6 is 28.0 Å². The predicted octanol–water partition coefficient (Wildman–Crippen LogP) is -5.27. The Labute approximate surface area is 271 Å². The smallest absolute Gasteiger partial charge is 0.545 e. The largest absolute Gasteiger partial charge is 1.00 e. The average Bonchev–Trinajstić information content (AvgIpc) is 3.15. The van der Waals surface area contributed by atoms with Gasteiger partial charge in [0.2, 0.25) is 5.75 Å². The van der Waals surface area contributed by atoms with Crippen molar-refractivity contribution in [3.63, 3.8) is 0 Å². The number of benzene rings is 2. The van der Waals surface area contributed by atoms with Crippen molar-refractivity contribution in [1.82, 2.24) is 0 Å². The first kappa shape index (κ1) is 30.3. The molecule has 1 heterocycles. The van der Waals surface area contributed by atoms with Crippen LogP contribution in [0.4, 0.5) is 0 Å². The summed E-state index contributed by atoms with van der Waals surface area (Å²) in [6, 6.07) is 6.89. The first-order chi connectivity index (χ1) is 12.9. The minimum Gasteiger partial charge on any atom is -0.545 e. The molecule has 0 saturated heterocycles. The van der Waals surface area contributed by atoms with Gasteiger partial charge in [-0.15, -0.1) is 0 Å². The summed E-state index contributed by atoms with van der Waals surface area (Å²) >= 11 is 0. The molecule has 1 aliphatic rings. The molecular formula is C15H13O9P3Rb2. The van der Waals surface area contributed by atoms with Gasteiger partial charge in [-0.25, -0.2) is 0 Å². The van der Waals surface area contributed by atoms with Crippen molar-refractivity contribution >= 4 is 39.9 Å². The van der Waals surface area contributed by atoms with Crippen LogP contribution in [0, 0.1) is 0 Å². The van der Waals surface area contributed by atoms with Crippen LogP contribution in [0.5, 0.6) is 28.7 Å². The third-order valence-electron chi connectivity index (χ3n) is 3.21. The summed E-state index contributed by atoms with van der Waals surface area (Å²) in [6.45, 7) is 0. The van der Waals surface area contributed by atoms with Crippen molar-refractivity contribution in [3.05, 3.63) is 41.5 Å². The molecule has 0 spiro atoms. The fourth-order valence-electron chi connectivity index (χ4n) is 1.96. The SMILES string of the molecule is COc1cc(C(=O)[O-])ccc1OP.O=C([O-])c1cc(OP)c2c(c1)OPO2.[Rb+].[Rb+]. The summed E-state index contributed by atoms with van der Waals surface area (Å²) in [7, 11) is 5.34.